The fourth-order valence-electron chi connectivity index (χ4n) is 2.29. The van der Waals surface area contributed by atoms with Crippen molar-refractivity contribution in [1.29, 1.82) is 0 Å². The van der Waals surface area contributed by atoms with Gasteiger partial charge < -0.3 is 10.2 Å². The van der Waals surface area contributed by atoms with Crippen LogP contribution in [0.3, 0.4) is 0 Å². The first kappa shape index (κ1) is 9.75. The summed E-state index contributed by atoms with van der Waals surface area (Å²) < 4.78 is 0. The van der Waals surface area contributed by atoms with Gasteiger partial charge in [-0.15, -0.1) is 0 Å². The van der Waals surface area contributed by atoms with E-state index in [1.54, 1.807) is 0 Å². The Bertz CT molecular complexity index is 330. The highest BCUT2D eigenvalue weighted by Gasteiger charge is 2.51. The summed E-state index contributed by atoms with van der Waals surface area (Å²) in [6, 6.07) is -1.29. The van der Waals surface area contributed by atoms with E-state index in [4.69, 9.17) is 10.2 Å². The Morgan fingerprint density at radius 3 is 2.33 bits per heavy atom. The van der Waals surface area contributed by atoms with E-state index in [1.165, 1.54) is 0 Å². The SMILES string of the molecule is O=C1CN(C(=O)O)C2CCN(C(=O)O)C12. The zero-order valence-electron chi connectivity index (χ0n) is 7.79. The third-order valence-electron chi connectivity index (χ3n) is 2.91. The summed E-state index contributed by atoms with van der Waals surface area (Å²) in [4.78, 5) is 35.1. The molecule has 2 heterocycles. The number of carboxylic acid groups (broad SMARTS) is 2. The molecule has 2 rings (SSSR count). The number of hydrogen-bond acceptors (Lipinski definition) is 3. The van der Waals surface area contributed by atoms with Crippen LogP contribution in [0.25, 0.3) is 0 Å². The molecule has 2 N–H and O–H groups in total. The Hall–Kier alpha value is -1.79. The smallest absolute Gasteiger partial charge is 0.408 e. The lowest BCUT2D eigenvalue weighted by atomic mass is 10.1. The quantitative estimate of drug-likeness (QED) is 0.575. The van der Waals surface area contributed by atoms with Crippen molar-refractivity contribution in [3.63, 3.8) is 0 Å². The van der Waals surface area contributed by atoms with Crippen LogP contribution in [-0.4, -0.2) is 63.2 Å². The fraction of sp³-hybridized carbons (Fsp3) is 0.625. The van der Waals surface area contributed by atoms with Crippen LogP contribution < -0.4 is 0 Å². The maximum absolute atomic E-state index is 11.5. The summed E-state index contributed by atoms with van der Waals surface area (Å²) in [5.74, 6) is -0.331. The minimum Gasteiger partial charge on any atom is -0.465 e. The largest absolute Gasteiger partial charge is 0.465 e. The number of ketones is 1. The molecule has 0 aromatic rings. The molecule has 2 unspecified atom stereocenters. The predicted octanol–water partition coefficient (Wildman–Crippen LogP) is -0.330. The molecular formula is C8H10N2O5. The zero-order chi connectivity index (χ0) is 11.2. The Labute approximate surface area is 84.9 Å². The van der Waals surface area contributed by atoms with E-state index < -0.39 is 24.3 Å². The van der Waals surface area contributed by atoms with E-state index in [0.29, 0.717) is 6.42 Å². The van der Waals surface area contributed by atoms with Gasteiger partial charge in [-0.1, -0.05) is 0 Å². The summed E-state index contributed by atoms with van der Waals surface area (Å²) in [6.45, 7) is 0.0225. The average Bonchev–Trinajstić information content (AvgIpc) is 2.66. The summed E-state index contributed by atoms with van der Waals surface area (Å²) >= 11 is 0. The van der Waals surface area contributed by atoms with E-state index >= 15 is 0 Å². The summed E-state index contributed by atoms with van der Waals surface area (Å²) in [5.41, 5.74) is 0. The first-order valence-electron chi connectivity index (χ1n) is 4.54. The topological polar surface area (TPSA) is 98.2 Å². The molecular weight excluding hydrogens is 204 g/mol. The molecule has 0 spiro atoms. The molecule has 2 saturated heterocycles. The van der Waals surface area contributed by atoms with Crippen LogP contribution in [0.15, 0.2) is 0 Å². The fourth-order valence-corrected chi connectivity index (χ4v) is 2.29. The second-order valence-corrected chi connectivity index (χ2v) is 3.65. The van der Waals surface area contributed by atoms with Gasteiger partial charge in [0.2, 0.25) is 0 Å². The molecule has 2 aliphatic heterocycles. The van der Waals surface area contributed by atoms with Crippen LogP contribution in [0, 0.1) is 0 Å². The number of carbonyl (C=O) groups excluding carboxylic acids is 1. The van der Waals surface area contributed by atoms with Gasteiger partial charge in [0.05, 0.1) is 12.6 Å². The van der Waals surface area contributed by atoms with E-state index in [-0.39, 0.29) is 18.9 Å². The highest BCUT2D eigenvalue weighted by molar-refractivity contribution is 5.95. The van der Waals surface area contributed by atoms with Crippen molar-refractivity contribution >= 4 is 18.0 Å². The normalized spacial score (nSPS) is 29.5. The Morgan fingerprint density at radius 1 is 1.20 bits per heavy atom. The molecule has 0 aromatic carbocycles. The van der Waals surface area contributed by atoms with Gasteiger partial charge in [0.1, 0.15) is 6.04 Å². The second-order valence-electron chi connectivity index (χ2n) is 3.65. The van der Waals surface area contributed by atoms with E-state index in [0.717, 1.165) is 9.80 Å². The number of fused-ring (bicyclic) bond motifs is 1. The molecule has 2 amide bonds. The number of nitrogens with zero attached hydrogens (tertiary/aromatic N) is 2. The standard InChI is InChI=1S/C8H10N2O5/c11-5-3-10(8(14)15)4-1-2-9(6(4)5)7(12)13/h4,6H,1-3H2,(H,12,13)(H,14,15). The van der Waals surface area contributed by atoms with Gasteiger partial charge in [-0.25, -0.2) is 9.59 Å². The molecule has 0 bridgehead atoms. The van der Waals surface area contributed by atoms with Gasteiger partial charge in [0, 0.05) is 6.54 Å². The zero-order valence-corrected chi connectivity index (χ0v) is 7.79. The molecule has 82 valence electrons. The predicted molar refractivity (Wildman–Crippen MR) is 46.7 cm³/mol. The van der Waals surface area contributed by atoms with Gasteiger partial charge in [-0.2, -0.15) is 0 Å². The van der Waals surface area contributed by atoms with Crippen molar-refractivity contribution in [2.24, 2.45) is 0 Å². The molecule has 0 saturated carbocycles. The van der Waals surface area contributed by atoms with Crippen LogP contribution in [-0.2, 0) is 4.79 Å². The van der Waals surface area contributed by atoms with Gasteiger partial charge in [-0.05, 0) is 6.42 Å². The number of amides is 2. The van der Waals surface area contributed by atoms with E-state index in [9.17, 15) is 14.4 Å². The molecule has 0 aromatic heterocycles. The number of rotatable bonds is 0. The summed E-state index contributed by atoms with van der Waals surface area (Å²) in [6.07, 6.45) is -1.93. The lowest BCUT2D eigenvalue weighted by Crippen LogP contribution is -2.42. The molecule has 15 heavy (non-hydrogen) atoms. The van der Waals surface area contributed by atoms with Crippen molar-refractivity contribution in [3.8, 4) is 0 Å². The van der Waals surface area contributed by atoms with Crippen LogP contribution in [0.4, 0.5) is 9.59 Å². The van der Waals surface area contributed by atoms with Crippen LogP contribution in [0.1, 0.15) is 6.42 Å². The Morgan fingerprint density at radius 2 is 1.80 bits per heavy atom. The number of Topliss-reactive ketones (excluding diaryl/α,β-unsaturated/α-hetero) is 1. The third-order valence-corrected chi connectivity index (χ3v) is 2.91. The molecule has 7 heteroatoms. The maximum atomic E-state index is 11.5. The van der Waals surface area contributed by atoms with Gasteiger partial charge in [-0.3, -0.25) is 14.6 Å². The minimum absolute atomic E-state index is 0.200. The lowest BCUT2D eigenvalue weighted by Gasteiger charge is -2.20. The minimum atomic E-state index is -1.16. The highest BCUT2D eigenvalue weighted by atomic mass is 16.4. The third kappa shape index (κ3) is 1.31. The van der Waals surface area contributed by atoms with Gasteiger partial charge in [0.15, 0.2) is 5.78 Å². The summed E-state index contributed by atoms with van der Waals surface area (Å²) in [7, 11) is 0. The average molecular weight is 214 g/mol. The molecule has 2 atom stereocenters. The monoisotopic (exact) mass is 214 g/mol. The van der Waals surface area contributed by atoms with Gasteiger partial charge >= 0.3 is 12.2 Å². The van der Waals surface area contributed by atoms with E-state index in [2.05, 4.69) is 0 Å². The molecule has 7 nitrogen and oxygen atoms in total. The Kier molecular flexibility index (Phi) is 2.02. The lowest BCUT2D eigenvalue weighted by molar-refractivity contribution is -0.120. The maximum Gasteiger partial charge on any atom is 0.408 e. The van der Waals surface area contributed by atoms with Crippen LogP contribution in [0.5, 0.6) is 0 Å². The molecule has 0 aliphatic carbocycles. The van der Waals surface area contributed by atoms with Crippen molar-refractivity contribution in [2.75, 3.05) is 13.1 Å². The number of likely N-dealkylation sites (tertiary alicyclic amines) is 2. The summed E-state index contributed by atoms with van der Waals surface area (Å²) in [5, 5.41) is 17.6. The van der Waals surface area contributed by atoms with Crippen molar-refractivity contribution in [3.05, 3.63) is 0 Å². The van der Waals surface area contributed by atoms with Gasteiger partial charge in [0.25, 0.3) is 0 Å². The first-order valence-corrected chi connectivity index (χ1v) is 4.54. The molecule has 2 aliphatic rings. The van der Waals surface area contributed by atoms with Crippen LogP contribution >= 0.6 is 0 Å². The molecule has 2 fully saturated rings. The highest BCUT2D eigenvalue weighted by Crippen LogP contribution is 2.29. The second kappa shape index (κ2) is 3.11. The van der Waals surface area contributed by atoms with Crippen LogP contribution in [0.2, 0.25) is 0 Å². The Balaban J connectivity index is 2.24. The van der Waals surface area contributed by atoms with E-state index in [1.807, 2.05) is 0 Å². The van der Waals surface area contributed by atoms with Crippen molar-refractivity contribution in [1.82, 2.24) is 9.80 Å². The number of hydrogen-bond donors (Lipinski definition) is 2. The van der Waals surface area contributed by atoms with Crippen molar-refractivity contribution < 1.29 is 24.6 Å². The molecule has 0 radical (unpaired) electrons. The number of carbonyl (C=O) groups is 3. The first-order chi connectivity index (χ1) is 7.02. The van der Waals surface area contributed by atoms with Crippen molar-refractivity contribution in [2.45, 2.75) is 18.5 Å².